The number of hydrogen-bond acceptors (Lipinski definition) is 3. The highest BCUT2D eigenvalue weighted by atomic mass is 15.0. The van der Waals surface area contributed by atoms with Crippen LogP contribution in [0.25, 0.3) is 134 Å². The minimum atomic E-state index is 0.583. The van der Waals surface area contributed by atoms with Crippen molar-refractivity contribution >= 4 is 43.6 Å². The molecule has 14 aromatic rings. The van der Waals surface area contributed by atoms with Gasteiger partial charge in [-0.3, -0.25) is 0 Å². The Bertz CT molecular complexity index is 4310. The van der Waals surface area contributed by atoms with E-state index >= 15 is 0 Å². The molecule has 11 aromatic carbocycles. The van der Waals surface area contributed by atoms with Crippen molar-refractivity contribution < 1.29 is 0 Å². The van der Waals surface area contributed by atoms with E-state index in [1.807, 2.05) is 18.2 Å². The summed E-state index contributed by atoms with van der Waals surface area (Å²) in [6.45, 7) is 0. The van der Waals surface area contributed by atoms with Crippen LogP contribution in [0.5, 0.6) is 0 Å². The van der Waals surface area contributed by atoms with Crippen molar-refractivity contribution in [3.8, 4) is 90.0 Å². The number of para-hydroxylation sites is 4. The number of nitrogens with zero attached hydrogens (tertiary/aromatic N) is 5. The van der Waals surface area contributed by atoms with Crippen molar-refractivity contribution in [3.05, 3.63) is 273 Å². The fourth-order valence-corrected chi connectivity index (χ4v) is 10.9. The van der Waals surface area contributed by atoms with Gasteiger partial charge in [-0.15, -0.1) is 0 Å². The van der Waals surface area contributed by atoms with Crippen LogP contribution in [0.3, 0.4) is 0 Å². The third kappa shape index (κ3) is 7.46. The summed E-state index contributed by atoms with van der Waals surface area (Å²) >= 11 is 0. The lowest BCUT2D eigenvalue weighted by molar-refractivity contribution is 1.07. The first-order valence-electron chi connectivity index (χ1n) is 25.1. The molecule has 0 bridgehead atoms. The molecule has 0 atom stereocenters. The van der Waals surface area contributed by atoms with Gasteiger partial charge in [0.05, 0.1) is 33.4 Å². The van der Waals surface area contributed by atoms with Gasteiger partial charge in [-0.05, 0) is 81.9 Å². The summed E-state index contributed by atoms with van der Waals surface area (Å²) < 4.78 is 4.80. The van der Waals surface area contributed by atoms with Crippen molar-refractivity contribution in [2.75, 3.05) is 0 Å². The number of rotatable bonds is 9. The van der Waals surface area contributed by atoms with Crippen LogP contribution in [0, 0.1) is 0 Å². The Kier molecular flexibility index (Phi) is 10.4. The molecule has 0 aliphatic rings. The van der Waals surface area contributed by atoms with Gasteiger partial charge in [-0.2, -0.15) is 0 Å². The van der Waals surface area contributed by atoms with E-state index in [0.717, 1.165) is 83.5 Å². The molecule has 74 heavy (non-hydrogen) atoms. The molecule has 0 aliphatic heterocycles. The third-order valence-electron chi connectivity index (χ3n) is 14.4. The Morgan fingerprint density at radius 2 is 0.514 bits per heavy atom. The predicted octanol–water partition coefficient (Wildman–Crippen LogP) is 17.7. The van der Waals surface area contributed by atoms with Crippen molar-refractivity contribution in [2.45, 2.75) is 0 Å². The molecular formula is C69H45N5. The van der Waals surface area contributed by atoms with Crippen LogP contribution in [-0.2, 0) is 0 Å². The molecule has 3 aromatic heterocycles. The molecular weight excluding hydrogens is 899 g/mol. The Morgan fingerprint density at radius 3 is 0.959 bits per heavy atom. The van der Waals surface area contributed by atoms with Gasteiger partial charge in [0.25, 0.3) is 0 Å². The maximum absolute atomic E-state index is 5.44. The van der Waals surface area contributed by atoms with Gasteiger partial charge in [0.1, 0.15) is 0 Å². The van der Waals surface area contributed by atoms with E-state index < -0.39 is 0 Å². The first kappa shape index (κ1) is 42.9. The average molecular weight is 944 g/mol. The van der Waals surface area contributed by atoms with Crippen molar-refractivity contribution in [3.63, 3.8) is 0 Å². The van der Waals surface area contributed by atoms with Gasteiger partial charge >= 0.3 is 0 Å². The second-order valence-electron chi connectivity index (χ2n) is 18.8. The van der Waals surface area contributed by atoms with Crippen molar-refractivity contribution in [1.29, 1.82) is 0 Å². The average Bonchev–Trinajstić information content (AvgIpc) is 4.03. The standard InChI is InChI=1S/C69H45N5/c1-4-20-46(21-5-1)49-26-18-27-50(42-49)51-28-19-29-52(43-51)56-41-39-54(45-66(56)74-63-36-16-12-32-59(63)60-33-13-17-37-64(60)74)69-71-67(48-24-8-3-9-25-48)70-68(72-69)53-38-40-55(47-22-6-2-7-23-47)65(44-53)73-61-34-14-10-30-57(61)58-31-11-15-35-62(58)73/h1-45H. The van der Waals surface area contributed by atoms with Crippen LogP contribution in [-0.4, -0.2) is 24.1 Å². The van der Waals surface area contributed by atoms with Gasteiger partial charge in [-0.25, -0.2) is 15.0 Å². The summed E-state index contributed by atoms with van der Waals surface area (Å²) in [5.74, 6) is 1.77. The van der Waals surface area contributed by atoms with E-state index in [9.17, 15) is 0 Å². The Balaban J connectivity index is 0.982. The fraction of sp³-hybridized carbons (Fsp3) is 0. The molecule has 0 fully saturated rings. The van der Waals surface area contributed by atoms with E-state index in [1.165, 1.54) is 32.7 Å². The van der Waals surface area contributed by atoms with Crippen LogP contribution in [0.2, 0.25) is 0 Å². The molecule has 0 radical (unpaired) electrons. The lowest BCUT2D eigenvalue weighted by atomic mass is 9.95. The summed E-state index contributed by atoms with van der Waals surface area (Å²) in [6, 6.07) is 97.2. The molecule has 5 heteroatoms. The van der Waals surface area contributed by atoms with E-state index in [2.05, 4.69) is 264 Å². The molecule has 14 rings (SSSR count). The van der Waals surface area contributed by atoms with Gasteiger partial charge in [-0.1, -0.05) is 224 Å². The molecule has 5 nitrogen and oxygen atoms in total. The second-order valence-corrected chi connectivity index (χ2v) is 18.8. The smallest absolute Gasteiger partial charge is 0.164 e. The molecule has 3 heterocycles. The molecule has 0 saturated carbocycles. The number of aromatic nitrogens is 5. The summed E-state index contributed by atoms with van der Waals surface area (Å²) in [7, 11) is 0. The molecule has 346 valence electrons. The third-order valence-corrected chi connectivity index (χ3v) is 14.4. The Labute approximate surface area is 428 Å². The first-order valence-corrected chi connectivity index (χ1v) is 25.1. The SMILES string of the molecule is c1ccc(-c2cccc(-c3cccc(-c4ccc(-c5nc(-c6ccccc6)nc(-c6ccc(-c7ccccc7)c(-n7c8ccccc8c8ccccc87)c6)n5)cc4-n4c5ccccc5c5ccccc54)c3)c2)cc1. The maximum atomic E-state index is 5.44. The zero-order valence-corrected chi connectivity index (χ0v) is 40.2. The van der Waals surface area contributed by atoms with E-state index in [-0.39, 0.29) is 0 Å². The Morgan fingerprint density at radius 1 is 0.203 bits per heavy atom. The second kappa shape index (κ2) is 18.0. The zero-order valence-electron chi connectivity index (χ0n) is 40.2. The molecule has 0 amide bonds. The monoisotopic (exact) mass is 943 g/mol. The quantitative estimate of drug-likeness (QED) is 0.145. The van der Waals surface area contributed by atoms with Gasteiger partial charge in [0.2, 0.25) is 0 Å². The van der Waals surface area contributed by atoms with Crippen LogP contribution in [0.1, 0.15) is 0 Å². The van der Waals surface area contributed by atoms with Crippen molar-refractivity contribution in [2.24, 2.45) is 0 Å². The highest BCUT2D eigenvalue weighted by Crippen LogP contribution is 2.41. The minimum Gasteiger partial charge on any atom is -0.309 e. The largest absolute Gasteiger partial charge is 0.309 e. The molecule has 0 saturated heterocycles. The number of hydrogen-bond donors (Lipinski definition) is 0. The van der Waals surface area contributed by atoms with Crippen LogP contribution < -0.4 is 0 Å². The molecule has 0 aliphatic carbocycles. The van der Waals surface area contributed by atoms with Crippen LogP contribution >= 0.6 is 0 Å². The van der Waals surface area contributed by atoms with Gasteiger partial charge in [0.15, 0.2) is 17.5 Å². The topological polar surface area (TPSA) is 48.5 Å². The lowest BCUT2D eigenvalue weighted by Gasteiger charge is -2.18. The molecule has 0 N–H and O–H groups in total. The van der Waals surface area contributed by atoms with E-state index in [4.69, 9.17) is 15.0 Å². The summed E-state index contributed by atoms with van der Waals surface area (Å²) in [4.78, 5) is 16.1. The Hall–Kier alpha value is -9.97. The number of benzene rings is 11. The fourth-order valence-electron chi connectivity index (χ4n) is 10.9. The van der Waals surface area contributed by atoms with Crippen molar-refractivity contribution in [1.82, 2.24) is 24.1 Å². The normalized spacial score (nSPS) is 11.5. The number of fused-ring (bicyclic) bond motifs is 6. The van der Waals surface area contributed by atoms with E-state index in [1.54, 1.807) is 0 Å². The van der Waals surface area contributed by atoms with Crippen LogP contribution in [0.4, 0.5) is 0 Å². The molecule has 0 spiro atoms. The predicted molar refractivity (Wildman–Crippen MR) is 307 cm³/mol. The first-order chi connectivity index (χ1) is 36.7. The lowest BCUT2D eigenvalue weighted by Crippen LogP contribution is -2.03. The molecule has 0 unspecified atom stereocenters. The van der Waals surface area contributed by atoms with Crippen LogP contribution in [0.15, 0.2) is 273 Å². The van der Waals surface area contributed by atoms with E-state index in [0.29, 0.717) is 17.5 Å². The minimum absolute atomic E-state index is 0.583. The zero-order chi connectivity index (χ0) is 49.0. The summed E-state index contributed by atoms with van der Waals surface area (Å²) in [5.41, 5.74) is 18.4. The van der Waals surface area contributed by atoms with Gasteiger partial charge in [0, 0.05) is 49.4 Å². The summed E-state index contributed by atoms with van der Waals surface area (Å²) in [5, 5.41) is 4.79. The summed E-state index contributed by atoms with van der Waals surface area (Å²) in [6.07, 6.45) is 0. The van der Waals surface area contributed by atoms with Gasteiger partial charge < -0.3 is 9.13 Å². The highest BCUT2D eigenvalue weighted by molar-refractivity contribution is 6.11. The highest BCUT2D eigenvalue weighted by Gasteiger charge is 2.22. The maximum Gasteiger partial charge on any atom is 0.164 e.